The lowest BCUT2D eigenvalue weighted by atomic mass is 10.0. The molecule has 2 heterocycles. The Morgan fingerprint density at radius 3 is 2.62 bits per heavy atom. The number of thiophene rings is 1. The molecule has 0 spiro atoms. The average molecular weight is 427 g/mol. The first-order chi connectivity index (χ1) is 14.0. The largest absolute Gasteiger partial charge is 0.490 e. The van der Waals surface area contributed by atoms with Crippen molar-refractivity contribution in [3.05, 3.63) is 68.8 Å². The predicted octanol–water partition coefficient (Wildman–Crippen LogP) is 5.98. The number of hydrogen-bond donors (Lipinski definition) is 1. The van der Waals surface area contributed by atoms with Crippen molar-refractivity contribution in [1.82, 2.24) is 9.97 Å². The minimum absolute atomic E-state index is 0.123. The Labute approximate surface area is 175 Å². The highest BCUT2D eigenvalue weighted by molar-refractivity contribution is 7.19. The fraction of sp³-hybridized carbons (Fsp3) is 0.100. The van der Waals surface area contributed by atoms with Gasteiger partial charge in [0.25, 0.3) is 0 Å². The smallest absolute Gasteiger partial charge is 0.312 e. The third-order valence-electron chi connectivity index (χ3n) is 4.44. The number of fused-ring (bicyclic) bond motifs is 1. The second-order valence-corrected chi connectivity index (χ2v) is 7.85. The zero-order valence-corrected chi connectivity index (χ0v) is 17.0. The van der Waals surface area contributed by atoms with Crippen molar-refractivity contribution < 1.29 is 9.66 Å². The van der Waals surface area contributed by atoms with Crippen LogP contribution in [-0.2, 0) is 0 Å². The molecule has 9 heteroatoms. The summed E-state index contributed by atoms with van der Waals surface area (Å²) in [5, 5.41) is 16.0. The highest BCUT2D eigenvalue weighted by Gasteiger charge is 2.19. The Hall–Kier alpha value is -3.23. The molecule has 29 heavy (non-hydrogen) atoms. The number of aromatic nitrogens is 2. The van der Waals surface area contributed by atoms with Gasteiger partial charge in [-0.3, -0.25) is 10.1 Å². The molecule has 0 unspecified atom stereocenters. The molecule has 0 bridgehead atoms. The van der Waals surface area contributed by atoms with Crippen LogP contribution in [0.2, 0.25) is 5.02 Å². The van der Waals surface area contributed by atoms with Crippen molar-refractivity contribution >= 4 is 50.3 Å². The molecule has 0 fully saturated rings. The van der Waals surface area contributed by atoms with E-state index in [0.717, 1.165) is 26.2 Å². The lowest BCUT2D eigenvalue weighted by Gasteiger charge is -2.10. The molecule has 0 saturated carbocycles. The highest BCUT2D eigenvalue weighted by atomic mass is 35.5. The Morgan fingerprint density at radius 1 is 1.17 bits per heavy atom. The number of nitro benzene ring substituents is 1. The number of nitrogens with one attached hydrogen (secondary N) is 1. The van der Waals surface area contributed by atoms with E-state index in [-0.39, 0.29) is 11.4 Å². The Morgan fingerprint density at radius 2 is 1.93 bits per heavy atom. The van der Waals surface area contributed by atoms with Gasteiger partial charge in [0.05, 0.1) is 17.4 Å². The molecule has 2 aromatic heterocycles. The van der Waals surface area contributed by atoms with E-state index in [9.17, 15) is 10.1 Å². The Kier molecular flexibility index (Phi) is 5.04. The molecule has 0 aliphatic heterocycles. The van der Waals surface area contributed by atoms with Gasteiger partial charge in [-0.1, -0.05) is 23.7 Å². The van der Waals surface area contributed by atoms with E-state index in [1.165, 1.54) is 19.5 Å². The van der Waals surface area contributed by atoms with Gasteiger partial charge in [-0.2, -0.15) is 0 Å². The summed E-state index contributed by atoms with van der Waals surface area (Å²) >= 11 is 7.60. The first kappa shape index (κ1) is 19.1. The van der Waals surface area contributed by atoms with Crippen molar-refractivity contribution in [3.63, 3.8) is 0 Å². The summed E-state index contributed by atoms with van der Waals surface area (Å²) in [6.07, 6.45) is 1.48. The van der Waals surface area contributed by atoms with Crippen molar-refractivity contribution in [1.29, 1.82) is 0 Å². The van der Waals surface area contributed by atoms with E-state index in [1.54, 1.807) is 23.5 Å². The fourth-order valence-electron chi connectivity index (χ4n) is 3.15. The van der Waals surface area contributed by atoms with Gasteiger partial charge in [-0.05, 0) is 36.8 Å². The van der Waals surface area contributed by atoms with Crippen LogP contribution in [0.15, 0.2) is 48.8 Å². The number of halogens is 1. The third-order valence-corrected chi connectivity index (χ3v) is 5.70. The van der Waals surface area contributed by atoms with Gasteiger partial charge in [-0.15, -0.1) is 11.3 Å². The molecule has 0 aliphatic carbocycles. The van der Waals surface area contributed by atoms with Crippen molar-refractivity contribution in [3.8, 4) is 16.9 Å². The normalized spacial score (nSPS) is 10.9. The van der Waals surface area contributed by atoms with Crippen LogP contribution in [0.25, 0.3) is 21.3 Å². The number of ether oxygens (including phenoxy) is 1. The topological polar surface area (TPSA) is 90.2 Å². The van der Waals surface area contributed by atoms with E-state index in [4.69, 9.17) is 16.3 Å². The minimum atomic E-state index is -0.479. The number of benzene rings is 2. The van der Waals surface area contributed by atoms with E-state index >= 15 is 0 Å². The molecule has 4 aromatic rings. The van der Waals surface area contributed by atoms with Crippen molar-refractivity contribution in [2.75, 3.05) is 12.4 Å². The van der Waals surface area contributed by atoms with Gasteiger partial charge >= 0.3 is 5.69 Å². The van der Waals surface area contributed by atoms with Crippen LogP contribution >= 0.6 is 22.9 Å². The molecule has 1 N–H and O–H groups in total. The number of nitro groups is 1. The molecule has 0 radical (unpaired) electrons. The number of methoxy groups -OCH3 is 1. The fourth-order valence-corrected chi connectivity index (χ4v) is 4.29. The monoisotopic (exact) mass is 426 g/mol. The summed E-state index contributed by atoms with van der Waals surface area (Å²) in [4.78, 5) is 21.6. The maximum Gasteiger partial charge on any atom is 0.312 e. The SMILES string of the molecule is COc1ccc(Nc2ncnc3sc(C)c(-c4ccc(Cl)cc4)c23)cc1[N+](=O)[O-]. The van der Waals surface area contributed by atoms with Crippen LogP contribution in [0.1, 0.15) is 4.88 Å². The number of anilines is 2. The molecule has 0 aliphatic rings. The number of aryl methyl sites for hydroxylation is 1. The first-order valence-electron chi connectivity index (χ1n) is 8.57. The van der Waals surface area contributed by atoms with Gasteiger partial charge in [0.2, 0.25) is 0 Å². The van der Waals surface area contributed by atoms with Gasteiger partial charge < -0.3 is 10.1 Å². The summed E-state index contributed by atoms with van der Waals surface area (Å²) in [5.41, 5.74) is 2.41. The lowest BCUT2D eigenvalue weighted by molar-refractivity contribution is -0.385. The molecule has 4 rings (SSSR count). The number of hydrogen-bond acceptors (Lipinski definition) is 7. The molecule has 7 nitrogen and oxygen atoms in total. The quantitative estimate of drug-likeness (QED) is 0.312. The van der Waals surface area contributed by atoms with E-state index in [2.05, 4.69) is 15.3 Å². The minimum Gasteiger partial charge on any atom is -0.490 e. The second kappa shape index (κ2) is 7.65. The maximum atomic E-state index is 11.3. The van der Waals surface area contributed by atoms with Crippen LogP contribution in [0.3, 0.4) is 0 Å². The Bertz CT molecular complexity index is 1220. The van der Waals surface area contributed by atoms with Crippen LogP contribution in [0.5, 0.6) is 5.75 Å². The zero-order chi connectivity index (χ0) is 20.5. The lowest BCUT2D eigenvalue weighted by Crippen LogP contribution is -1.98. The van der Waals surface area contributed by atoms with Crippen LogP contribution < -0.4 is 10.1 Å². The van der Waals surface area contributed by atoms with Gasteiger partial charge in [0, 0.05) is 27.2 Å². The predicted molar refractivity (Wildman–Crippen MR) is 116 cm³/mol. The Balaban J connectivity index is 1.84. The molecule has 0 saturated heterocycles. The van der Waals surface area contributed by atoms with Gasteiger partial charge in [0.15, 0.2) is 5.75 Å². The van der Waals surface area contributed by atoms with Crippen LogP contribution in [0.4, 0.5) is 17.2 Å². The third kappa shape index (κ3) is 3.59. The molecule has 0 atom stereocenters. The zero-order valence-electron chi connectivity index (χ0n) is 15.5. The second-order valence-electron chi connectivity index (χ2n) is 6.21. The van der Waals surface area contributed by atoms with Crippen molar-refractivity contribution in [2.24, 2.45) is 0 Å². The molecular formula is C20H15ClN4O3S. The van der Waals surface area contributed by atoms with Crippen LogP contribution in [0, 0.1) is 17.0 Å². The summed E-state index contributed by atoms with van der Waals surface area (Å²) in [6.45, 7) is 2.03. The van der Waals surface area contributed by atoms with Gasteiger partial charge in [0.1, 0.15) is 17.0 Å². The summed E-state index contributed by atoms with van der Waals surface area (Å²) in [6, 6.07) is 12.3. The first-order valence-corrected chi connectivity index (χ1v) is 9.77. The highest BCUT2D eigenvalue weighted by Crippen LogP contribution is 2.41. The molecule has 2 aromatic carbocycles. The number of rotatable bonds is 5. The summed E-state index contributed by atoms with van der Waals surface area (Å²) in [7, 11) is 1.40. The summed E-state index contributed by atoms with van der Waals surface area (Å²) < 4.78 is 5.07. The molecule has 146 valence electrons. The average Bonchev–Trinajstić information content (AvgIpc) is 3.05. The van der Waals surface area contributed by atoms with E-state index in [0.29, 0.717) is 16.5 Å². The van der Waals surface area contributed by atoms with E-state index < -0.39 is 4.92 Å². The maximum absolute atomic E-state index is 11.3. The van der Waals surface area contributed by atoms with Gasteiger partial charge in [-0.25, -0.2) is 9.97 Å². The van der Waals surface area contributed by atoms with Crippen LogP contribution in [-0.4, -0.2) is 22.0 Å². The standard InChI is InChI=1S/C20H15ClN4O3S/c1-11-17(12-3-5-13(21)6-4-12)18-19(22-10-23-20(18)29-11)24-14-7-8-16(28-2)15(9-14)25(26)27/h3-10H,1-2H3,(H,22,23,24). The summed E-state index contributed by atoms with van der Waals surface area (Å²) in [5.74, 6) is 0.769. The number of nitrogens with zero attached hydrogens (tertiary/aromatic N) is 3. The van der Waals surface area contributed by atoms with E-state index in [1.807, 2.05) is 31.2 Å². The van der Waals surface area contributed by atoms with Crippen molar-refractivity contribution in [2.45, 2.75) is 6.92 Å². The molecule has 0 amide bonds. The molecular weight excluding hydrogens is 412 g/mol.